The molecule has 0 amide bonds. The Morgan fingerprint density at radius 3 is 2.42 bits per heavy atom. The summed E-state index contributed by atoms with van der Waals surface area (Å²) in [5.41, 5.74) is 0. The minimum Gasteiger partial charge on any atom is -0.480 e. The van der Waals surface area contributed by atoms with Crippen LogP contribution in [-0.4, -0.2) is 67.8 Å². The lowest BCUT2D eigenvalue weighted by molar-refractivity contribution is -0.275. The quantitative estimate of drug-likeness (QED) is 0.789. The van der Waals surface area contributed by atoms with Crippen LogP contribution < -0.4 is 4.74 Å². The largest absolute Gasteiger partial charge is 0.573 e. The number of para-hydroxylation sites is 1. The highest BCUT2D eigenvalue weighted by Crippen LogP contribution is 2.32. The van der Waals surface area contributed by atoms with Gasteiger partial charge in [0.25, 0.3) is 0 Å². The molecular weight excluding hydrogens is 377 g/mol. The number of rotatable bonds is 6. The van der Waals surface area contributed by atoms with Crippen LogP contribution in [0.15, 0.2) is 29.2 Å². The average molecular weight is 396 g/mol. The van der Waals surface area contributed by atoms with E-state index in [-0.39, 0.29) is 25.7 Å². The summed E-state index contributed by atoms with van der Waals surface area (Å²) in [6.45, 7) is -0.00566. The van der Waals surface area contributed by atoms with Crippen molar-refractivity contribution >= 4 is 16.0 Å². The van der Waals surface area contributed by atoms with Crippen molar-refractivity contribution in [3.8, 4) is 5.75 Å². The van der Waals surface area contributed by atoms with Crippen molar-refractivity contribution in [2.75, 3.05) is 26.7 Å². The Morgan fingerprint density at radius 2 is 1.88 bits per heavy atom. The third-order valence-electron chi connectivity index (χ3n) is 4.12. The summed E-state index contributed by atoms with van der Waals surface area (Å²) >= 11 is 0. The molecule has 0 radical (unpaired) electrons. The van der Waals surface area contributed by atoms with Gasteiger partial charge in [-0.1, -0.05) is 12.1 Å². The summed E-state index contributed by atoms with van der Waals surface area (Å²) in [4.78, 5) is 11.8. The number of hydrogen-bond acceptors (Lipinski definition) is 5. The van der Waals surface area contributed by atoms with E-state index in [1.165, 1.54) is 12.1 Å². The smallest absolute Gasteiger partial charge is 0.480 e. The molecular formula is C15H19F3N2O5S. The number of ether oxygens (including phenoxy) is 1. The second-order valence-electron chi connectivity index (χ2n) is 5.94. The minimum absolute atomic E-state index is 0.0807. The fourth-order valence-corrected chi connectivity index (χ4v) is 4.46. The van der Waals surface area contributed by atoms with E-state index < -0.39 is 33.0 Å². The van der Waals surface area contributed by atoms with Crippen LogP contribution in [0.1, 0.15) is 12.8 Å². The molecule has 1 aromatic rings. The van der Waals surface area contributed by atoms with Gasteiger partial charge >= 0.3 is 12.3 Å². The van der Waals surface area contributed by atoms with Gasteiger partial charge in [0.1, 0.15) is 10.6 Å². The predicted molar refractivity (Wildman–Crippen MR) is 85.2 cm³/mol. The number of aliphatic carboxylic acids is 1. The number of carboxylic acid groups (broad SMARTS) is 1. The van der Waals surface area contributed by atoms with Gasteiger partial charge < -0.3 is 9.84 Å². The van der Waals surface area contributed by atoms with Crippen molar-refractivity contribution in [2.24, 2.45) is 0 Å². The number of likely N-dealkylation sites (N-methyl/N-ethyl adjacent to an activating group) is 1. The Labute approximate surface area is 149 Å². The second kappa shape index (κ2) is 7.80. The maximum Gasteiger partial charge on any atom is 0.573 e. The van der Waals surface area contributed by atoms with Crippen molar-refractivity contribution in [2.45, 2.75) is 30.1 Å². The SMILES string of the molecule is CN(CC(=O)O)C1CCN(S(=O)(=O)c2ccccc2OC(F)(F)F)CC1. The number of nitrogens with zero attached hydrogens (tertiary/aromatic N) is 2. The van der Waals surface area contributed by atoms with E-state index in [2.05, 4.69) is 4.74 Å². The first kappa shape index (κ1) is 20.5. The van der Waals surface area contributed by atoms with E-state index in [4.69, 9.17) is 5.11 Å². The molecule has 1 aliphatic rings. The van der Waals surface area contributed by atoms with Crippen LogP contribution in [0.3, 0.4) is 0 Å². The van der Waals surface area contributed by atoms with Gasteiger partial charge in [-0.15, -0.1) is 13.2 Å². The highest BCUT2D eigenvalue weighted by atomic mass is 32.2. The fraction of sp³-hybridized carbons (Fsp3) is 0.533. The number of carboxylic acids is 1. The van der Waals surface area contributed by atoms with Crippen LogP contribution in [0.25, 0.3) is 0 Å². The van der Waals surface area contributed by atoms with Gasteiger partial charge in [-0.2, -0.15) is 4.31 Å². The van der Waals surface area contributed by atoms with Gasteiger partial charge in [0, 0.05) is 19.1 Å². The van der Waals surface area contributed by atoms with Gasteiger partial charge in [0.2, 0.25) is 10.0 Å². The van der Waals surface area contributed by atoms with Crippen LogP contribution in [0.4, 0.5) is 13.2 Å². The molecule has 1 aromatic carbocycles. The van der Waals surface area contributed by atoms with Gasteiger partial charge in [0.05, 0.1) is 6.54 Å². The molecule has 0 aliphatic carbocycles. The third kappa shape index (κ3) is 5.08. The number of sulfonamides is 1. The third-order valence-corrected chi connectivity index (χ3v) is 6.06. The first-order valence-corrected chi connectivity index (χ1v) is 9.21. The molecule has 1 N–H and O–H groups in total. The molecule has 0 spiro atoms. The van der Waals surface area contributed by atoms with Gasteiger partial charge in [-0.25, -0.2) is 8.42 Å². The number of benzene rings is 1. The number of carbonyl (C=O) groups is 1. The Kier molecular flexibility index (Phi) is 6.14. The van der Waals surface area contributed by atoms with E-state index in [0.717, 1.165) is 16.4 Å². The Morgan fingerprint density at radius 1 is 1.31 bits per heavy atom. The second-order valence-corrected chi connectivity index (χ2v) is 7.85. The fourth-order valence-electron chi connectivity index (χ4n) is 2.88. The Hall–Kier alpha value is -1.85. The van der Waals surface area contributed by atoms with Crippen LogP contribution in [0.2, 0.25) is 0 Å². The summed E-state index contributed by atoms with van der Waals surface area (Å²) in [5, 5.41) is 8.81. The number of hydrogen-bond donors (Lipinski definition) is 1. The highest BCUT2D eigenvalue weighted by molar-refractivity contribution is 7.89. The van der Waals surface area contributed by atoms with Gasteiger partial charge in [-0.05, 0) is 32.0 Å². The molecule has 1 heterocycles. The van der Waals surface area contributed by atoms with E-state index in [9.17, 15) is 26.4 Å². The van der Waals surface area contributed by atoms with Crippen molar-refractivity contribution in [3.05, 3.63) is 24.3 Å². The first-order valence-electron chi connectivity index (χ1n) is 7.77. The van der Waals surface area contributed by atoms with Crippen LogP contribution in [-0.2, 0) is 14.8 Å². The van der Waals surface area contributed by atoms with Crippen LogP contribution >= 0.6 is 0 Å². The standard InChI is InChI=1S/C15H19F3N2O5S/c1-19(10-14(21)22)11-6-8-20(9-7-11)26(23,24)13-5-3-2-4-12(13)25-15(16,17)18/h2-5,11H,6-10H2,1H3,(H,21,22). The molecule has 1 saturated heterocycles. The van der Waals surface area contributed by atoms with Crippen molar-refractivity contribution in [1.82, 2.24) is 9.21 Å². The zero-order chi connectivity index (χ0) is 19.5. The number of piperidine rings is 1. The summed E-state index contributed by atoms with van der Waals surface area (Å²) in [6.07, 6.45) is -4.24. The van der Waals surface area contributed by atoms with E-state index in [1.54, 1.807) is 11.9 Å². The van der Waals surface area contributed by atoms with E-state index in [1.807, 2.05) is 0 Å². The molecule has 26 heavy (non-hydrogen) atoms. The number of alkyl halides is 3. The lowest BCUT2D eigenvalue weighted by Crippen LogP contribution is -2.46. The van der Waals surface area contributed by atoms with E-state index >= 15 is 0 Å². The first-order chi connectivity index (χ1) is 12.0. The topological polar surface area (TPSA) is 87.2 Å². The Balaban J connectivity index is 2.14. The van der Waals surface area contributed by atoms with Crippen molar-refractivity contribution in [1.29, 1.82) is 0 Å². The van der Waals surface area contributed by atoms with Crippen LogP contribution in [0.5, 0.6) is 5.75 Å². The summed E-state index contributed by atoms with van der Waals surface area (Å²) in [5.74, 6) is -1.76. The minimum atomic E-state index is -5.00. The summed E-state index contributed by atoms with van der Waals surface area (Å²) < 4.78 is 67.9. The maximum atomic E-state index is 12.7. The lowest BCUT2D eigenvalue weighted by atomic mass is 10.1. The molecule has 0 unspecified atom stereocenters. The normalized spacial score (nSPS) is 17.4. The highest BCUT2D eigenvalue weighted by Gasteiger charge is 2.37. The molecule has 0 bridgehead atoms. The molecule has 1 aliphatic heterocycles. The van der Waals surface area contributed by atoms with E-state index in [0.29, 0.717) is 12.8 Å². The average Bonchev–Trinajstić information content (AvgIpc) is 2.53. The maximum absolute atomic E-state index is 12.7. The lowest BCUT2D eigenvalue weighted by Gasteiger charge is -2.35. The summed E-state index contributed by atoms with van der Waals surface area (Å²) in [6, 6.07) is 4.49. The monoisotopic (exact) mass is 396 g/mol. The van der Waals surface area contributed by atoms with Crippen molar-refractivity contribution < 1.29 is 36.2 Å². The molecule has 2 rings (SSSR count). The summed E-state index contributed by atoms with van der Waals surface area (Å²) in [7, 11) is -2.53. The van der Waals surface area contributed by atoms with Gasteiger partial charge in [-0.3, -0.25) is 9.69 Å². The zero-order valence-corrected chi connectivity index (χ0v) is 14.8. The molecule has 11 heteroatoms. The molecule has 7 nitrogen and oxygen atoms in total. The number of halogens is 3. The van der Waals surface area contributed by atoms with Crippen LogP contribution in [0, 0.1) is 0 Å². The molecule has 0 atom stereocenters. The molecule has 1 fully saturated rings. The molecule has 0 aromatic heterocycles. The zero-order valence-electron chi connectivity index (χ0n) is 13.9. The van der Waals surface area contributed by atoms with Crippen molar-refractivity contribution in [3.63, 3.8) is 0 Å². The Bertz CT molecular complexity index is 746. The predicted octanol–water partition coefficient (Wildman–Crippen LogP) is 1.75. The molecule has 0 saturated carbocycles. The van der Waals surface area contributed by atoms with Gasteiger partial charge in [0.15, 0.2) is 0 Å². The molecule has 146 valence electrons.